The van der Waals surface area contributed by atoms with Gasteiger partial charge in [-0.05, 0) is 25.4 Å². The lowest BCUT2D eigenvalue weighted by Crippen LogP contribution is -2.41. The molecule has 1 aliphatic rings. The molecule has 0 unspecified atom stereocenters. The monoisotopic (exact) mass is 197 g/mol. The van der Waals surface area contributed by atoms with Gasteiger partial charge in [0.25, 0.3) is 0 Å². The molecule has 0 aromatic carbocycles. The van der Waals surface area contributed by atoms with Crippen LogP contribution in [0, 0.1) is 5.92 Å². The Balaban J connectivity index is 1.67. The minimum atomic E-state index is 1.02. The van der Waals surface area contributed by atoms with Gasteiger partial charge in [0.2, 0.25) is 0 Å². The van der Waals surface area contributed by atoms with Crippen LogP contribution >= 0.6 is 0 Å². The van der Waals surface area contributed by atoms with E-state index < -0.39 is 0 Å². The highest BCUT2D eigenvalue weighted by atomic mass is 14.9. The Morgan fingerprint density at radius 3 is 1.93 bits per heavy atom. The van der Waals surface area contributed by atoms with E-state index in [4.69, 9.17) is 0 Å². The van der Waals surface area contributed by atoms with Crippen molar-refractivity contribution in [1.29, 1.82) is 0 Å². The molecule has 0 aromatic rings. The van der Waals surface area contributed by atoms with Crippen LogP contribution in [0.5, 0.6) is 0 Å². The van der Waals surface area contributed by atoms with E-state index in [0.29, 0.717) is 0 Å². The van der Waals surface area contributed by atoms with Gasteiger partial charge in [0.1, 0.15) is 0 Å². The first-order valence-corrected chi connectivity index (χ1v) is 6.64. The largest absolute Gasteiger partial charge is 0.316 e. The minimum absolute atomic E-state index is 1.02. The standard InChI is InChI=1S/C13H27N/c1-2-3-4-5-6-7-8-9-10-13-11-14-12-13/h13-14H,2-12H2,1H3. The van der Waals surface area contributed by atoms with Crippen molar-refractivity contribution in [2.24, 2.45) is 5.92 Å². The summed E-state index contributed by atoms with van der Waals surface area (Å²) in [6.07, 6.45) is 13.1. The van der Waals surface area contributed by atoms with Crippen LogP contribution in [0.4, 0.5) is 0 Å². The molecule has 1 rings (SSSR count). The smallest absolute Gasteiger partial charge is 0.000826 e. The van der Waals surface area contributed by atoms with E-state index in [2.05, 4.69) is 12.2 Å². The average molecular weight is 197 g/mol. The molecule has 0 spiro atoms. The summed E-state index contributed by atoms with van der Waals surface area (Å²) >= 11 is 0. The second-order valence-corrected chi connectivity index (χ2v) is 4.79. The SMILES string of the molecule is CCCCCCCCCCC1CNC1. The molecular formula is C13H27N. The predicted octanol–water partition coefficient (Wildman–Crippen LogP) is 3.74. The topological polar surface area (TPSA) is 12.0 Å². The van der Waals surface area contributed by atoms with Gasteiger partial charge in [0, 0.05) is 0 Å². The van der Waals surface area contributed by atoms with Gasteiger partial charge in [-0.3, -0.25) is 0 Å². The fourth-order valence-corrected chi connectivity index (χ4v) is 2.12. The first-order chi connectivity index (χ1) is 6.93. The third kappa shape index (κ3) is 5.64. The highest BCUT2D eigenvalue weighted by molar-refractivity contribution is 4.73. The molecule has 0 aromatic heterocycles. The highest BCUT2D eigenvalue weighted by Gasteiger charge is 2.14. The fourth-order valence-electron chi connectivity index (χ4n) is 2.12. The van der Waals surface area contributed by atoms with Crippen LogP contribution in [-0.4, -0.2) is 13.1 Å². The van der Waals surface area contributed by atoms with Crippen LogP contribution in [-0.2, 0) is 0 Å². The van der Waals surface area contributed by atoms with Crippen LogP contribution in [0.1, 0.15) is 64.7 Å². The molecule has 0 bridgehead atoms. The van der Waals surface area contributed by atoms with Gasteiger partial charge in [0.15, 0.2) is 0 Å². The van der Waals surface area contributed by atoms with Gasteiger partial charge >= 0.3 is 0 Å². The molecule has 1 nitrogen and oxygen atoms in total. The summed E-state index contributed by atoms with van der Waals surface area (Å²) in [5.41, 5.74) is 0. The summed E-state index contributed by atoms with van der Waals surface area (Å²) in [5.74, 6) is 1.02. The average Bonchev–Trinajstić information content (AvgIpc) is 2.13. The molecule has 84 valence electrons. The Labute approximate surface area is 89.7 Å². The molecule has 0 radical (unpaired) electrons. The van der Waals surface area contributed by atoms with Crippen molar-refractivity contribution < 1.29 is 0 Å². The summed E-state index contributed by atoms with van der Waals surface area (Å²) < 4.78 is 0. The quantitative estimate of drug-likeness (QED) is 0.555. The second kappa shape index (κ2) is 8.28. The summed E-state index contributed by atoms with van der Waals surface area (Å²) in [5, 5.41) is 3.34. The third-order valence-electron chi connectivity index (χ3n) is 3.33. The van der Waals surface area contributed by atoms with E-state index in [-0.39, 0.29) is 0 Å². The van der Waals surface area contributed by atoms with Crippen LogP contribution < -0.4 is 5.32 Å². The predicted molar refractivity (Wildman–Crippen MR) is 63.6 cm³/mol. The number of hydrogen-bond donors (Lipinski definition) is 1. The van der Waals surface area contributed by atoms with E-state index in [1.807, 2.05) is 0 Å². The molecule has 1 aliphatic heterocycles. The van der Waals surface area contributed by atoms with Crippen LogP contribution in [0.25, 0.3) is 0 Å². The number of rotatable bonds is 9. The molecule has 0 amide bonds. The maximum Gasteiger partial charge on any atom is -0.000826 e. The molecule has 0 atom stereocenters. The van der Waals surface area contributed by atoms with Gasteiger partial charge in [0.05, 0.1) is 0 Å². The molecule has 1 fully saturated rings. The third-order valence-corrected chi connectivity index (χ3v) is 3.33. The second-order valence-electron chi connectivity index (χ2n) is 4.79. The van der Waals surface area contributed by atoms with Crippen molar-refractivity contribution in [2.75, 3.05) is 13.1 Å². The lowest BCUT2D eigenvalue weighted by atomic mass is 9.95. The van der Waals surface area contributed by atoms with Crippen LogP contribution in [0.2, 0.25) is 0 Å². The van der Waals surface area contributed by atoms with Crippen molar-refractivity contribution in [3.63, 3.8) is 0 Å². The van der Waals surface area contributed by atoms with Crippen molar-refractivity contribution in [3.05, 3.63) is 0 Å². The summed E-state index contributed by atoms with van der Waals surface area (Å²) in [7, 11) is 0. The minimum Gasteiger partial charge on any atom is -0.316 e. The van der Waals surface area contributed by atoms with Gasteiger partial charge < -0.3 is 5.32 Å². The van der Waals surface area contributed by atoms with Crippen molar-refractivity contribution in [2.45, 2.75) is 64.7 Å². The van der Waals surface area contributed by atoms with E-state index in [1.165, 1.54) is 70.9 Å². The molecule has 1 saturated heterocycles. The zero-order valence-corrected chi connectivity index (χ0v) is 9.86. The molecule has 1 N–H and O–H groups in total. The van der Waals surface area contributed by atoms with Gasteiger partial charge in [-0.2, -0.15) is 0 Å². The molecule has 0 saturated carbocycles. The lowest BCUT2D eigenvalue weighted by molar-refractivity contribution is 0.316. The Kier molecular flexibility index (Phi) is 7.12. The Morgan fingerprint density at radius 1 is 0.857 bits per heavy atom. The molecule has 14 heavy (non-hydrogen) atoms. The van der Waals surface area contributed by atoms with Crippen molar-refractivity contribution >= 4 is 0 Å². The Morgan fingerprint density at radius 2 is 1.43 bits per heavy atom. The Hall–Kier alpha value is -0.0400. The number of unbranched alkanes of at least 4 members (excludes halogenated alkanes) is 7. The molecular weight excluding hydrogens is 170 g/mol. The summed E-state index contributed by atoms with van der Waals surface area (Å²) in [4.78, 5) is 0. The van der Waals surface area contributed by atoms with E-state index >= 15 is 0 Å². The number of hydrogen-bond acceptors (Lipinski definition) is 1. The van der Waals surface area contributed by atoms with Crippen molar-refractivity contribution in [3.8, 4) is 0 Å². The summed E-state index contributed by atoms with van der Waals surface area (Å²) in [6.45, 7) is 4.86. The fraction of sp³-hybridized carbons (Fsp3) is 1.00. The highest BCUT2D eigenvalue weighted by Crippen LogP contribution is 2.15. The first-order valence-electron chi connectivity index (χ1n) is 6.64. The normalized spacial score (nSPS) is 16.9. The van der Waals surface area contributed by atoms with Crippen LogP contribution in [0.15, 0.2) is 0 Å². The lowest BCUT2D eigenvalue weighted by Gasteiger charge is -2.26. The van der Waals surface area contributed by atoms with Crippen LogP contribution in [0.3, 0.4) is 0 Å². The number of nitrogens with one attached hydrogen (secondary N) is 1. The van der Waals surface area contributed by atoms with E-state index in [1.54, 1.807) is 0 Å². The maximum atomic E-state index is 3.34. The zero-order valence-electron chi connectivity index (χ0n) is 9.86. The summed E-state index contributed by atoms with van der Waals surface area (Å²) in [6, 6.07) is 0. The van der Waals surface area contributed by atoms with E-state index in [0.717, 1.165) is 5.92 Å². The molecule has 1 heteroatoms. The van der Waals surface area contributed by atoms with Crippen molar-refractivity contribution in [1.82, 2.24) is 5.32 Å². The molecule has 1 heterocycles. The maximum absolute atomic E-state index is 3.34. The zero-order chi connectivity index (χ0) is 10.1. The van der Waals surface area contributed by atoms with Gasteiger partial charge in [-0.25, -0.2) is 0 Å². The van der Waals surface area contributed by atoms with Gasteiger partial charge in [-0.15, -0.1) is 0 Å². The van der Waals surface area contributed by atoms with E-state index in [9.17, 15) is 0 Å². The first kappa shape index (κ1) is 12.0. The Bertz CT molecular complexity index is 118. The van der Waals surface area contributed by atoms with Gasteiger partial charge in [-0.1, -0.05) is 58.3 Å². The molecule has 0 aliphatic carbocycles.